The molecule has 5 heteroatoms. The molecular formula is C21H25N3O2. The van der Waals surface area contributed by atoms with Gasteiger partial charge in [-0.05, 0) is 67.3 Å². The molecule has 0 saturated carbocycles. The van der Waals surface area contributed by atoms with Crippen molar-refractivity contribution in [1.29, 1.82) is 0 Å². The van der Waals surface area contributed by atoms with Gasteiger partial charge in [-0.25, -0.2) is 4.98 Å². The molecule has 0 spiro atoms. The summed E-state index contributed by atoms with van der Waals surface area (Å²) >= 11 is 0. The van der Waals surface area contributed by atoms with Crippen LogP contribution in [0.2, 0.25) is 0 Å². The lowest BCUT2D eigenvalue weighted by Crippen LogP contribution is -2.38. The van der Waals surface area contributed by atoms with Crippen molar-refractivity contribution in [2.45, 2.75) is 52.0 Å². The molecule has 1 unspecified atom stereocenters. The molecule has 0 radical (unpaired) electrons. The molecule has 1 aromatic carbocycles. The highest BCUT2D eigenvalue weighted by atomic mass is 16.2. The average molecular weight is 351 g/mol. The second-order valence-corrected chi connectivity index (χ2v) is 6.79. The highest BCUT2D eigenvalue weighted by Gasteiger charge is 2.21. The number of aryl methyl sites for hydroxylation is 3. The van der Waals surface area contributed by atoms with Crippen molar-refractivity contribution in [3.63, 3.8) is 0 Å². The van der Waals surface area contributed by atoms with Gasteiger partial charge in [-0.15, -0.1) is 0 Å². The molecular weight excluding hydrogens is 326 g/mol. The van der Waals surface area contributed by atoms with Crippen LogP contribution in [0.3, 0.4) is 0 Å². The van der Waals surface area contributed by atoms with Crippen molar-refractivity contribution in [2.75, 3.05) is 5.32 Å². The van der Waals surface area contributed by atoms with Gasteiger partial charge in [-0.2, -0.15) is 0 Å². The molecule has 1 aliphatic carbocycles. The highest BCUT2D eigenvalue weighted by molar-refractivity contribution is 6.39. The first kappa shape index (κ1) is 18.1. The van der Waals surface area contributed by atoms with E-state index < -0.39 is 11.8 Å². The number of amides is 2. The fourth-order valence-electron chi connectivity index (χ4n) is 3.40. The molecule has 2 aromatic rings. The fraction of sp³-hybridized carbons (Fsp3) is 0.381. The third-order valence-electron chi connectivity index (χ3n) is 4.94. The van der Waals surface area contributed by atoms with E-state index in [4.69, 9.17) is 0 Å². The van der Waals surface area contributed by atoms with Crippen LogP contribution in [0.25, 0.3) is 0 Å². The first-order valence-electron chi connectivity index (χ1n) is 9.23. The van der Waals surface area contributed by atoms with Crippen molar-refractivity contribution in [3.05, 3.63) is 58.8 Å². The number of nitrogens with zero attached hydrogens (tertiary/aromatic N) is 1. The zero-order valence-electron chi connectivity index (χ0n) is 15.3. The molecule has 0 bridgehead atoms. The number of nitrogens with one attached hydrogen (secondary N) is 2. The lowest BCUT2D eigenvalue weighted by atomic mass is 9.89. The van der Waals surface area contributed by atoms with Crippen LogP contribution in [0.1, 0.15) is 54.5 Å². The van der Waals surface area contributed by atoms with E-state index >= 15 is 0 Å². The minimum Gasteiger partial charge on any atom is -0.341 e. The summed E-state index contributed by atoms with van der Waals surface area (Å²) in [6, 6.07) is 9.86. The number of hydrogen-bond donors (Lipinski definition) is 2. The Morgan fingerprint density at radius 1 is 1.12 bits per heavy atom. The summed E-state index contributed by atoms with van der Waals surface area (Å²) in [7, 11) is 0. The lowest BCUT2D eigenvalue weighted by molar-refractivity contribution is -0.136. The molecule has 0 aliphatic heterocycles. The Morgan fingerprint density at radius 3 is 2.62 bits per heavy atom. The summed E-state index contributed by atoms with van der Waals surface area (Å²) in [5.74, 6) is -0.919. The van der Waals surface area contributed by atoms with Crippen molar-refractivity contribution >= 4 is 17.6 Å². The van der Waals surface area contributed by atoms with Gasteiger partial charge in [0.1, 0.15) is 5.82 Å². The maximum Gasteiger partial charge on any atom is 0.314 e. The highest BCUT2D eigenvalue weighted by Crippen LogP contribution is 2.26. The van der Waals surface area contributed by atoms with Crippen LogP contribution in [0, 0.1) is 6.92 Å². The van der Waals surface area contributed by atoms with Gasteiger partial charge in [0.25, 0.3) is 0 Å². The van der Waals surface area contributed by atoms with Crippen LogP contribution in [0.5, 0.6) is 0 Å². The Labute approximate surface area is 154 Å². The zero-order valence-corrected chi connectivity index (χ0v) is 15.3. The van der Waals surface area contributed by atoms with E-state index in [1.165, 1.54) is 24.0 Å². The largest absolute Gasteiger partial charge is 0.341 e. The molecule has 3 rings (SSSR count). The maximum absolute atomic E-state index is 12.3. The van der Waals surface area contributed by atoms with Crippen LogP contribution in [-0.4, -0.2) is 16.8 Å². The van der Waals surface area contributed by atoms with Crippen molar-refractivity contribution in [2.24, 2.45) is 0 Å². The fourth-order valence-corrected chi connectivity index (χ4v) is 3.40. The predicted octanol–water partition coefficient (Wildman–Crippen LogP) is 3.47. The molecule has 136 valence electrons. The number of fused-ring (bicyclic) bond motifs is 1. The van der Waals surface area contributed by atoms with Gasteiger partial charge in [-0.1, -0.05) is 31.2 Å². The number of hydrogen-bond acceptors (Lipinski definition) is 3. The topological polar surface area (TPSA) is 71.1 Å². The van der Waals surface area contributed by atoms with Gasteiger partial charge in [0, 0.05) is 6.20 Å². The Bertz CT molecular complexity index is 817. The first-order chi connectivity index (χ1) is 12.6. The SMILES string of the molecule is CCC(NC(=O)C(=O)Nc1ncccc1C)c1ccc2c(c1)CCCC2. The predicted molar refractivity (Wildman–Crippen MR) is 102 cm³/mol. The van der Waals surface area contributed by atoms with Gasteiger partial charge in [0.05, 0.1) is 6.04 Å². The van der Waals surface area contributed by atoms with E-state index in [0.717, 1.165) is 30.4 Å². The number of carbonyl (C=O) groups excluding carboxylic acids is 2. The summed E-state index contributed by atoms with van der Waals surface area (Å²) < 4.78 is 0. The Balaban J connectivity index is 1.68. The van der Waals surface area contributed by atoms with E-state index in [1.54, 1.807) is 12.3 Å². The minimum absolute atomic E-state index is 0.176. The molecule has 2 N–H and O–H groups in total. The molecule has 26 heavy (non-hydrogen) atoms. The molecule has 2 amide bonds. The number of anilines is 1. The summed E-state index contributed by atoms with van der Waals surface area (Å²) in [4.78, 5) is 28.7. The summed E-state index contributed by atoms with van der Waals surface area (Å²) in [6.45, 7) is 3.84. The number of carbonyl (C=O) groups is 2. The van der Waals surface area contributed by atoms with E-state index in [9.17, 15) is 9.59 Å². The van der Waals surface area contributed by atoms with E-state index in [-0.39, 0.29) is 6.04 Å². The minimum atomic E-state index is -0.691. The molecule has 1 heterocycles. The third kappa shape index (κ3) is 4.10. The monoisotopic (exact) mass is 351 g/mol. The molecule has 5 nitrogen and oxygen atoms in total. The second-order valence-electron chi connectivity index (χ2n) is 6.79. The Morgan fingerprint density at radius 2 is 1.88 bits per heavy atom. The van der Waals surface area contributed by atoms with Crippen molar-refractivity contribution in [3.8, 4) is 0 Å². The molecule has 0 saturated heterocycles. The number of benzene rings is 1. The Hall–Kier alpha value is -2.69. The van der Waals surface area contributed by atoms with Crippen LogP contribution < -0.4 is 10.6 Å². The van der Waals surface area contributed by atoms with Gasteiger partial charge in [0.15, 0.2) is 0 Å². The number of aromatic nitrogens is 1. The second kappa shape index (κ2) is 8.13. The van der Waals surface area contributed by atoms with Crippen molar-refractivity contribution in [1.82, 2.24) is 10.3 Å². The van der Waals surface area contributed by atoms with Gasteiger partial charge < -0.3 is 10.6 Å². The van der Waals surface area contributed by atoms with Crippen molar-refractivity contribution < 1.29 is 9.59 Å². The normalized spacial score (nSPS) is 14.2. The average Bonchev–Trinajstić information content (AvgIpc) is 2.67. The smallest absolute Gasteiger partial charge is 0.314 e. The molecule has 0 fully saturated rings. The van der Waals surface area contributed by atoms with Crippen LogP contribution >= 0.6 is 0 Å². The first-order valence-corrected chi connectivity index (χ1v) is 9.23. The van der Waals surface area contributed by atoms with Gasteiger partial charge in [-0.3, -0.25) is 9.59 Å². The van der Waals surface area contributed by atoms with E-state index in [0.29, 0.717) is 5.82 Å². The summed E-state index contributed by atoms with van der Waals surface area (Å²) in [6.07, 6.45) is 6.99. The molecule has 1 aliphatic rings. The van der Waals surface area contributed by atoms with E-state index in [1.807, 2.05) is 19.9 Å². The lowest BCUT2D eigenvalue weighted by Gasteiger charge is -2.21. The third-order valence-corrected chi connectivity index (χ3v) is 4.94. The van der Waals surface area contributed by atoms with Crippen LogP contribution in [0.4, 0.5) is 5.82 Å². The van der Waals surface area contributed by atoms with Gasteiger partial charge >= 0.3 is 11.8 Å². The Kier molecular flexibility index (Phi) is 5.66. The summed E-state index contributed by atoms with van der Waals surface area (Å²) in [5, 5.41) is 5.43. The summed E-state index contributed by atoms with van der Waals surface area (Å²) in [5.41, 5.74) is 4.65. The quantitative estimate of drug-likeness (QED) is 0.829. The number of rotatable bonds is 4. The van der Waals surface area contributed by atoms with Gasteiger partial charge in [0.2, 0.25) is 0 Å². The number of pyridine rings is 1. The molecule has 1 aromatic heterocycles. The standard InChI is InChI=1S/C21H25N3O2/c1-3-18(17-11-10-15-8-4-5-9-16(15)13-17)23-20(25)21(26)24-19-14(2)7-6-12-22-19/h6-7,10-13,18H,3-5,8-9H2,1-2H3,(H,23,25)(H,22,24,26). The van der Waals surface area contributed by atoms with E-state index in [2.05, 4.69) is 33.8 Å². The van der Waals surface area contributed by atoms with Crippen LogP contribution in [-0.2, 0) is 22.4 Å². The molecule has 1 atom stereocenters. The zero-order chi connectivity index (χ0) is 18.5. The van der Waals surface area contributed by atoms with Crippen LogP contribution in [0.15, 0.2) is 36.5 Å². The maximum atomic E-state index is 12.3.